The lowest BCUT2D eigenvalue weighted by Gasteiger charge is -2.29. The van der Waals surface area contributed by atoms with Crippen LogP contribution in [0, 0.1) is 5.82 Å². The maximum atomic E-state index is 14.0. The molecule has 2 aliphatic heterocycles. The summed E-state index contributed by atoms with van der Waals surface area (Å²) in [6.45, 7) is 3.72. The van der Waals surface area contributed by atoms with Gasteiger partial charge in [-0.15, -0.1) is 11.3 Å². The Balaban J connectivity index is 1.13. The van der Waals surface area contributed by atoms with Crippen LogP contribution in [-0.4, -0.2) is 56.3 Å². The number of imidazole rings is 1. The van der Waals surface area contributed by atoms with E-state index in [4.69, 9.17) is 26.1 Å². The lowest BCUT2D eigenvalue weighted by Crippen LogP contribution is -2.33. The van der Waals surface area contributed by atoms with Crippen LogP contribution in [0.15, 0.2) is 47.9 Å². The van der Waals surface area contributed by atoms with Gasteiger partial charge in [-0.25, -0.2) is 19.2 Å². The fraction of sp³-hybridized carbons (Fsp3) is 0.321. The third-order valence-corrected chi connectivity index (χ3v) is 8.19. The lowest BCUT2D eigenvalue weighted by atomic mass is 10.1. The molecular formula is C28H26ClFN4O4S. The van der Waals surface area contributed by atoms with Crippen LogP contribution < -0.4 is 4.74 Å². The molecule has 2 aromatic carbocycles. The molecule has 4 aromatic rings. The van der Waals surface area contributed by atoms with Crippen molar-refractivity contribution < 1.29 is 23.8 Å². The topological polar surface area (TPSA) is 89.7 Å². The molecule has 2 aliphatic rings. The van der Waals surface area contributed by atoms with Gasteiger partial charge in [-0.1, -0.05) is 23.7 Å². The normalized spacial score (nSPS) is 17.7. The largest absolute Gasteiger partial charge is 0.478 e. The second-order valence-corrected chi connectivity index (χ2v) is 11.0. The van der Waals surface area contributed by atoms with Gasteiger partial charge in [0, 0.05) is 30.3 Å². The maximum Gasteiger partial charge on any atom is 0.335 e. The molecule has 39 heavy (non-hydrogen) atoms. The number of ether oxygens (including phenoxy) is 2. The van der Waals surface area contributed by atoms with E-state index in [9.17, 15) is 14.3 Å². The van der Waals surface area contributed by atoms with E-state index in [1.807, 2.05) is 5.38 Å². The van der Waals surface area contributed by atoms with Crippen LogP contribution >= 0.6 is 22.9 Å². The van der Waals surface area contributed by atoms with Crippen LogP contribution in [0.1, 0.15) is 39.6 Å². The third kappa shape index (κ3) is 5.69. The quantitative estimate of drug-likeness (QED) is 0.279. The summed E-state index contributed by atoms with van der Waals surface area (Å²) in [5.41, 5.74) is 3.45. The second kappa shape index (κ2) is 11.1. The molecule has 1 saturated heterocycles. The average molecular weight is 569 g/mol. The van der Waals surface area contributed by atoms with Gasteiger partial charge in [-0.2, -0.15) is 0 Å². The first kappa shape index (κ1) is 25.9. The van der Waals surface area contributed by atoms with E-state index < -0.39 is 11.8 Å². The molecule has 0 amide bonds. The zero-order chi connectivity index (χ0) is 26.9. The number of hydrogen-bond donors (Lipinski definition) is 1. The van der Waals surface area contributed by atoms with Gasteiger partial charge in [-0.05, 0) is 48.7 Å². The van der Waals surface area contributed by atoms with E-state index >= 15 is 0 Å². The molecule has 0 bridgehead atoms. The minimum absolute atomic E-state index is 0.0832. The van der Waals surface area contributed by atoms with Crippen molar-refractivity contribution in [1.29, 1.82) is 0 Å². The van der Waals surface area contributed by atoms with Gasteiger partial charge in [0.1, 0.15) is 23.3 Å². The molecule has 1 fully saturated rings. The first-order valence-corrected chi connectivity index (χ1v) is 14.0. The fourth-order valence-corrected chi connectivity index (χ4v) is 5.75. The van der Waals surface area contributed by atoms with E-state index in [1.165, 1.54) is 17.4 Å². The Hall–Kier alpha value is -3.31. The first-order chi connectivity index (χ1) is 18.9. The molecule has 6 rings (SSSR count). The first-order valence-electron chi connectivity index (χ1n) is 12.7. The van der Waals surface area contributed by atoms with E-state index in [-0.39, 0.29) is 18.3 Å². The standard InChI is InChI=1S/C28H26ClFN4O4S/c29-20-3-1-19(22(30)12-20)15-38-26-16-39-27(32-26)17-5-8-33(9-6-17)14-25-31-23-4-2-18(28(35)36)11-24(23)34(25)13-21-7-10-37-21/h1-5,11-12,16,21H,6-10,13-15H2,(H,35,36)/t21-/m0/s1. The summed E-state index contributed by atoms with van der Waals surface area (Å²) >= 11 is 7.33. The van der Waals surface area contributed by atoms with Crippen molar-refractivity contribution in [3.05, 3.63) is 80.7 Å². The molecule has 1 atom stereocenters. The average Bonchev–Trinajstić information content (AvgIpc) is 3.50. The Morgan fingerprint density at radius 3 is 2.85 bits per heavy atom. The summed E-state index contributed by atoms with van der Waals surface area (Å²) in [5, 5.41) is 12.6. The van der Waals surface area contributed by atoms with E-state index in [0.29, 0.717) is 29.6 Å². The predicted octanol–water partition coefficient (Wildman–Crippen LogP) is 5.64. The molecule has 1 N–H and O–H groups in total. The number of aromatic carboxylic acids is 1. The molecule has 202 valence electrons. The number of benzene rings is 2. The van der Waals surface area contributed by atoms with Gasteiger partial charge < -0.3 is 19.1 Å². The molecule has 0 saturated carbocycles. The van der Waals surface area contributed by atoms with Crippen molar-refractivity contribution in [2.75, 3.05) is 19.7 Å². The molecule has 2 aromatic heterocycles. The van der Waals surface area contributed by atoms with Crippen LogP contribution in [0.2, 0.25) is 5.02 Å². The number of carbonyl (C=O) groups is 1. The number of aromatic nitrogens is 3. The van der Waals surface area contributed by atoms with Gasteiger partial charge in [0.25, 0.3) is 0 Å². The van der Waals surface area contributed by atoms with Crippen LogP contribution in [-0.2, 0) is 24.4 Å². The van der Waals surface area contributed by atoms with Gasteiger partial charge >= 0.3 is 5.97 Å². The molecule has 4 heterocycles. The van der Waals surface area contributed by atoms with E-state index in [2.05, 4.69) is 20.5 Å². The van der Waals surface area contributed by atoms with Crippen molar-refractivity contribution in [2.24, 2.45) is 0 Å². The Morgan fingerprint density at radius 2 is 2.13 bits per heavy atom. The van der Waals surface area contributed by atoms with Crippen LogP contribution in [0.3, 0.4) is 0 Å². The Kier molecular flexibility index (Phi) is 7.35. The highest BCUT2D eigenvalue weighted by atomic mass is 35.5. The van der Waals surface area contributed by atoms with Crippen LogP contribution in [0.25, 0.3) is 16.6 Å². The Labute approximate surface area is 233 Å². The molecule has 0 spiro atoms. The zero-order valence-electron chi connectivity index (χ0n) is 21.0. The molecular weight excluding hydrogens is 543 g/mol. The highest BCUT2D eigenvalue weighted by Crippen LogP contribution is 2.30. The smallest absolute Gasteiger partial charge is 0.335 e. The minimum atomic E-state index is -0.951. The summed E-state index contributed by atoms with van der Waals surface area (Å²) < 4.78 is 27.5. The molecule has 11 heteroatoms. The Bertz CT molecular complexity index is 1560. The maximum absolute atomic E-state index is 14.0. The number of carboxylic acids is 1. The van der Waals surface area contributed by atoms with Crippen LogP contribution in [0.4, 0.5) is 4.39 Å². The number of carboxylic acid groups (broad SMARTS) is 1. The van der Waals surface area contributed by atoms with Gasteiger partial charge in [0.15, 0.2) is 0 Å². The van der Waals surface area contributed by atoms with Gasteiger partial charge in [0.2, 0.25) is 5.88 Å². The van der Waals surface area contributed by atoms with Crippen molar-refractivity contribution >= 4 is 45.5 Å². The summed E-state index contributed by atoms with van der Waals surface area (Å²) in [4.78, 5) is 23.3. The van der Waals surface area contributed by atoms with Gasteiger partial charge in [0.05, 0.1) is 41.2 Å². The van der Waals surface area contributed by atoms with Crippen molar-refractivity contribution in [3.63, 3.8) is 0 Å². The van der Waals surface area contributed by atoms with Gasteiger partial charge in [-0.3, -0.25) is 4.90 Å². The summed E-state index contributed by atoms with van der Waals surface area (Å²) in [6.07, 6.45) is 4.12. The molecule has 0 aliphatic carbocycles. The third-order valence-electron chi connectivity index (χ3n) is 7.06. The van der Waals surface area contributed by atoms with E-state index in [1.54, 1.807) is 30.3 Å². The van der Waals surface area contributed by atoms with Crippen molar-refractivity contribution in [1.82, 2.24) is 19.4 Å². The zero-order valence-corrected chi connectivity index (χ0v) is 22.6. The minimum Gasteiger partial charge on any atom is -0.478 e. The molecule has 0 radical (unpaired) electrons. The molecule has 8 nitrogen and oxygen atoms in total. The highest BCUT2D eigenvalue weighted by Gasteiger charge is 2.24. The van der Waals surface area contributed by atoms with E-state index in [0.717, 1.165) is 60.0 Å². The monoisotopic (exact) mass is 568 g/mol. The van der Waals surface area contributed by atoms with Crippen molar-refractivity contribution in [3.8, 4) is 5.88 Å². The predicted molar refractivity (Wildman–Crippen MR) is 147 cm³/mol. The number of rotatable bonds is 9. The highest BCUT2D eigenvalue weighted by molar-refractivity contribution is 7.11. The molecule has 0 unspecified atom stereocenters. The fourth-order valence-electron chi connectivity index (χ4n) is 4.77. The Morgan fingerprint density at radius 1 is 1.26 bits per heavy atom. The summed E-state index contributed by atoms with van der Waals surface area (Å²) in [7, 11) is 0. The van der Waals surface area contributed by atoms with Crippen LogP contribution in [0.5, 0.6) is 5.88 Å². The summed E-state index contributed by atoms with van der Waals surface area (Å²) in [6, 6.07) is 9.59. The lowest BCUT2D eigenvalue weighted by molar-refractivity contribution is -0.0591. The number of thiazole rings is 1. The number of hydrogen-bond acceptors (Lipinski definition) is 7. The SMILES string of the molecule is O=C(O)c1ccc2nc(CN3CC=C(c4nc(OCc5ccc(Cl)cc5F)cs4)CC3)n(C[C@@H]3CCO3)c2c1. The number of nitrogens with zero attached hydrogens (tertiary/aromatic N) is 4. The second-order valence-electron chi connectivity index (χ2n) is 9.66. The van der Waals surface area contributed by atoms with Crippen molar-refractivity contribution in [2.45, 2.75) is 38.6 Å². The number of fused-ring (bicyclic) bond motifs is 1. The number of halogens is 2. The summed E-state index contributed by atoms with van der Waals surface area (Å²) in [5.74, 6) is 0.0244.